The summed E-state index contributed by atoms with van der Waals surface area (Å²) in [5, 5.41) is 21.4. The first kappa shape index (κ1) is 9.59. The van der Waals surface area contributed by atoms with Crippen molar-refractivity contribution < 1.29 is 9.90 Å². The lowest BCUT2D eigenvalue weighted by atomic mass is 10.4. The molecule has 1 aromatic heterocycles. The van der Waals surface area contributed by atoms with Gasteiger partial charge in [0.25, 0.3) is 0 Å². The zero-order valence-corrected chi connectivity index (χ0v) is 7.05. The maximum absolute atomic E-state index is 11.1. The molecule has 0 fully saturated rings. The molecule has 72 valence electrons. The van der Waals surface area contributed by atoms with Crippen molar-refractivity contribution in [2.75, 3.05) is 13.2 Å². The number of carbonyl (C=O) groups excluding carboxylic acids is 1. The lowest BCUT2D eigenvalue weighted by Crippen LogP contribution is -2.29. The van der Waals surface area contributed by atoms with Gasteiger partial charge in [0.05, 0.1) is 0 Å². The molecular formula is C6H11N5O2. The molecule has 0 atom stereocenters. The molecule has 0 saturated carbocycles. The van der Waals surface area contributed by atoms with E-state index in [2.05, 4.69) is 20.8 Å². The van der Waals surface area contributed by atoms with Crippen LogP contribution in [0.3, 0.4) is 0 Å². The molecule has 0 unspecified atom stereocenters. The molecular weight excluding hydrogens is 174 g/mol. The van der Waals surface area contributed by atoms with Gasteiger partial charge in [-0.05, 0) is 16.8 Å². The normalized spacial score (nSPS) is 9.92. The van der Waals surface area contributed by atoms with E-state index in [1.54, 1.807) is 0 Å². The van der Waals surface area contributed by atoms with E-state index in [1.807, 2.05) is 0 Å². The third kappa shape index (κ3) is 3.61. The quantitative estimate of drug-likeness (QED) is 0.526. The number of carbonyl (C=O) groups is 1. The molecule has 0 aliphatic carbocycles. The van der Waals surface area contributed by atoms with Gasteiger partial charge in [0, 0.05) is 13.2 Å². The van der Waals surface area contributed by atoms with Crippen molar-refractivity contribution in [2.24, 2.45) is 0 Å². The van der Waals surface area contributed by atoms with Gasteiger partial charge in [0.2, 0.25) is 5.91 Å². The number of amides is 1. The molecule has 0 saturated heterocycles. The number of aliphatic hydroxyl groups excluding tert-OH is 1. The van der Waals surface area contributed by atoms with E-state index >= 15 is 0 Å². The minimum absolute atomic E-state index is 0.0746. The Labute approximate surface area is 74.7 Å². The SMILES string of the molecule is O=C(Cn1cnnn1)NCCCO. The van der Waals surface area contributed by atoms with Crippen LogP contribution >= 0.6 is 0 Å². The third-order valence-electron chi connectivity index (χ3n) is 1.35. The highest BCUT2D eigenvalue weighted by Gasteiger charge is 2.01. The highest BCUT2D eigenvalue weighted by atomic mass is 16.3. The molecule has 1 aromatic rings. The van der Waals surface area contributed by atoms with Crippen molar-refractivity contribution >= 4 is 5.91 Å². The van der Waals surface area contributed by atoms with Crippen LogP contribution in [0.5, 0.6) is 0 Å². The van der Waals surface area contributed by atoms with Crippen LogP contribution in [0.25, 0.3) is 0 Å². The topological polar surface area (TPSA) is 92.9 Å². The number of nitrogens with one attached hydrogen (secondary N) is 1. The van der Waals surface area contributed by atoms with Gasteiger partial charge in [-0.1, -0.05) is 0 Å². The summed E-state index contributed by atoms with van der Waals surface area (Å²) in [6.45, 7) is 0.654. The van der Waals surface area contributed by atoms with E-state index in [0.717, 1.165) is 0 Å². The molecule has 0 aliphatic heterocycles. The Morgan fingerprint density at radius 3 is 3.08 bits per heavy atom. The third-order valence-corrected chi connectivity index (χ3v) is 1.35. The van der Waals surface area contributed by atoms with Crippen molar-refractivity contribution in [3.63, 3.8) is 0 Å². The number of nitrogens with zero attached hydrogens (tertiary/aromatic N) is 4. The highest BCUT2D eigenvalue weighted by molar-refractivity contribution is 5.75. The van der Waals surface area contributed by atoms with Crippen LogP contribution in [-0.4, -0.2) is 44.4 Å². The molecule has 7 nitrogen and oxygen atoms in total. The van der Waals surface area contributed by atoms with Crippen molar-refractivity contribution in [3.05, 3.63) is 6.33 Å². The van der Waals surface area contributed by atoms with Gasteiger partial charge in [-0.2, -0.15) is 0 Å². The van der Waals surface area contributed by atoms with Crippen LogP contribution < -0.4 is 5.32 Å². The first-order valence-corrected chi connectivity index (χ1v) is 3.91. The number of tetrazole rings is 1. The van der Waals surface area contributed by atoms with E-state index in [-0.39, 0.29) is 19.1 Å². The van der Waals surface area contributed by atoms with Crippen molar-refractivity contribution in [1.29, 1.82) is 0 Å². The van der Waals surface area contributed by atoms with Crippen molar-refractivity contribution in [2.45, 2.75) is 13.0 Å². The molecule has 0 spiro atoms. The van der Waals surface area contributed by atoms with Gasteiger partial charge in [-0.3, -0.25) is 4.79 Å². The maximum atomic E-state index is 11.1. The number of hydrogen-bond acceptors (Lipinski definition) is 5. The predicted octanol–water partition coefficient (Wildman–Crippen LogP) is -1.83. The summed E-state index contributed by atoms with van der Waals surface area (Å²) < 4.78 is 1.33. The minimum atomic E-state index is -0.166. The fourth-order valence-electron chi connectivity index (χ4n) is 0.763. The van der Waals surface area contributed by atoms with Gasteiger partial charge >= 0.3 is 0 Å². The van der Waals surface area contributed by atoms with Crippen molar-refractivity contribution in [1.82, 2.24) is 25.5 Å². The molecule has 7 heteroatoms. The summed E-state index contributed by atoms with van der Waals surface area (Å²) in [6.07, 6.45) is 1.92. The maximum Gasteiger partial charge on any atom is 0.241 e. The predicted molar refractivity (Wildman–Crippen MR) is 42.5 cm³/mol. The van der Waals surface area contributed by atoms with Gasteiger partial charge in [0.15, 0.2) is 0 Å². The van der Waals surface area contributed by atoms with Crippen molar-refractivity contribution in [3.8, 4) is 0 Å². The summed E-state index contributed by atoms with van der Waals surface area (Å²) in [7, 11) is 0. The van der Waals surface area contributed by atoms with Gasteiger partial charge < -0.3 is 10.4 Å². The Hall–Kier alpha value is -1.50. The van der Waals surface area contributed by atoms with Crippen LogP contribution in [-0.2, 0) is 11.3 Å². The van der Waals surface area contributed by atoms with Gasteiger partial charge in [-0.25, -0.2) is 4.68 Å². The summed E-state index contributed by atoms with van der Waals surface area (Å²) >= 11 is 0. The first-order chi connectivity index (χ1) is 6.33. The number of hydrogen-bond donors (Lipinski definition) is 2. The highest BCUT2D eigenvalue weighted by Crippen LogP contribution is 1.79. The zero-order chi connectivity index (χ0) is 9.52. The van der Waals surface area contributed by atoms with Gasteiger partial charge in [-0.15, -0.1) is 5.10 Å². The Balaban J connectivity index is 2.18. The Morgan fingerprint density at radius 1 is 1.62 bits per heavy atom. The molecule has 0 aromatic carbocycles. The lowest BCUT2D eigenvalue weighted by molar-refractivity contribution is -0.121. The number of aliphatic hydroxyl groups is 1. The summed E-state index contributed by atoms with van der Waals surface area (Å²) in [6, 6.07) is 0. The second kappa shape index (κ2) is 5.20. The van der Waals surface area contributed by atoms with Crippen LogP contribution in [0.4, 0.5) is 0 Å². The largest absolute Gasteiger partial charge is 0.396 e. The average molecular weight is 185 g/mol. The molecule has 1 rings (SSSR count). The smallest absolute Gasteiger partial charge is 0.241 e. The summed E-state index contributed by atoms with van der Waals surface area (Å²) in [4.78, 5) is 11.1. The fourth-order valence-corrected chi connectivity index (χ4v) is 0.763. The molecule has 0 radical (unpaired) electrons. The Kier molecular flexibility index (Phi) is 3.83. The Morgan fingerprint density at radius 2 is 2.46 bits per heavy atom. The lowest BCUT2D eigenvalue weighted by Gasteiger charge is -2.02. The fraction of sp³-hybridized carbons (Fsp3) is 0.667. The molecule has 13 heavy (non-hydrogen) atoms. The second-order valence-corrected chi connectivity index (χ2v) is 2.43. The summed E-state index contributed by atoms with van der Waals surface area (Å²) in [5.74, 6) is -0.166. The zero-order valence-electron chi connectivity index (χ0n) is 7.05. The molecule has 1 amide bonds. The van der Waals surface area contributed by atoms with E-state index in [1.165, 1.54) is 11.0 Å². The monoisotopic (exact) mass is 185 g/mol. The molecule has 2 N–H and O–H groups in total. The van der Waals surface area contributed by atoms with E-state index < -0.39 is 0 Å². The number of aromatic nitrogens is 4. The van der Waals surface area contributed by atoms with E-state index in [4.69, 9.17) is 5.11 Å². The molecule has 1 heterocycles. The van der Waals surface area contributed by atoms with E-state index in [0.29, 0.717) is 13.0 Å². The number of rotatable bonds is 5. The van der Waals surface area contributed by atoms with Crippen LogP contribution in [0.2, 0.25) is 0 Å². The average Bonchev–Trinajstić information content (AvgIpc) is 2.57. The van der Waals surface area contributed by atoms with Crippen LogP contribution in [0.1, 0.15) is 6.42 Å². The second-order valence-electron chi connectivity index (χ2n) is 2.43. The minimum Gasteiger partial charge on any atom is -0.396 e. The standard InChI is InChI=1S/C6H11N5O2/c12-3-1-2-7-6(13)4-11-5-8-9-10-11/h5,12H,1-4H2,(H,7,13). The van der Waals surface area contributed by atoms with Gasteiger partial charge in [0.1, 0.15) is 12.9 Å². The van der Waals surface area contributed by atoms with Crippen LogP contribution in [0.15, 0.2) is 6.33 Å². The van der Waals surface area contributed by atoms with Crippen LogP contribution in [0, 0.1) is 0 Å². The first-order valence-electron chi connectivity index (χ1n) is 3.91. The Bertz CT molecular complexity index is 248. The molecule has 0 bridgehead atoms. The van der Waals surface area contributed by atoms with E-state index in [9.17, 15) is 4.79 Å². The molecule has 0 aliphatic rings. The summed E-state index contributed by atoms with van der Waals surface area (Å²) in [5.41, 5.74) is 0.